The molecular formula is C9H15N3O3. The van der Waals surface area contributed by atoms with Gasteiger partial charge in [0, 0.05) is 13.0 Å². The van der Waals surface area contributed by atoms with Crippen LogP contribution in [0.25, 0.3) is 0 Å². The monoisotopic (exact) mass is 213 g/mol. The van der Waals surface area contributed by atoms with Gasteiger partial charge in [-0.3, -0.25) is 0 Å². The molecule has 6 nitrogen and oxygen atoms in total. The van der Waals surface area contributed by atoms with Crippen LogP contribution in [-0.4, -0.2) is 34.6 Å². The standard InChI is InChI=1S/C9H15N3O3/c10-7(5-13)9-11-8(12-15-9)4-6-2-1-3-14-6/h6-7,13H,1-5,10H2/t6?,7-/m0/s1. The van der Waals surface area contributed by atoms with E-state index in [9.17, 15) is 0 Å². The molecule has 1 aliphatic heterocycles. The van der Waals surface area contributed by atoms with Crippen molar-refractivity contribution in [2.45, 2.75) is 31.4 Å². The molecule has 0 aliphatic carbocycles. The second kappa shape index (κ2) is 4.69. The molecular weight excluding hydrogens is 198 g/mol. The quantitative estimate of drug-likeness (QED) is 0.718. The minimum atomic E-state index is -0.587. The first-order valence-electron chi connectivity index (χ1n) is 5.10. The third kappa shape index (κ3) is 2.53. The number of ether oxygens (including phenoxy) is 1. The molecule has 0 radical (unpaired) electrons. The van der Waals surface area contributed by atoms with Gasteiger partial charge in [0.15, 0.2) is 5.82 Å². The minimum absolute atomic E-state index is 0.193. The fraction of sp³-hybridized carbons (Fsp3) is 0.778. The number of hydrogen-bond acceptors (Lipinski definition) is 6. The molecule has 3 N–H and O–H groups in total. The molecule has 0 bridgehead atoms. The van der Waals surface area contributed by atoms with Crippen LogP contribution in [0.5, 0.6) is 0 Å². The zero-order chi connectivity index (χ0) is 10.7. The van der Waals surface area contributed by atoms with Gasteiger partial charge in [0.05, 0.1) is 12.7 Å². The summed E-state index contributed by atoms with van der Waals surface area (Å²) in [7, 11) is 0. The van der Waals surface area contributed by atoms with E-state index >= 15 is 0 Å². The first-order chi connectivity index (χ1) is 7.29. The topological polar surface area (TPSA) is 94.4 Å². The Balaban J connectivity index is 1.94. The van der Waals surface area contributed by atoms with E-state index in [0.717, 1.165) is 19.4 Å². The largest absolute Gasteiger partial charge is 0.394 e. The number of nitrogens with two attached hydrogens (primary N) is 1. The first kappa shape index (κ1) is 10.5. The van der Waals surface area contributed by atoms with Crippen LogP contribution in [0.15, 0.2) is 4.52 Å². The average molecular weight is 213 g/mol. The maximum Gasteiger partial charge on any atom is 0.245 e. The second-order valence-electron chi connectivity index (χ2n) is 3.68. The highest BCUT2D eigenvalue weighted by molar-refractivity contribution is 4.93. The Bertz CT molecular complexity index is 309. The SMILES string of the molecule is N[C@@H](CO)c1nc(CC2CCCO2)no1. The van der Waals surface area contributed by atoms with E-state index in [1.165, 1.54) is 0 Å². The Hall–Kier alpha value is -0.980. The molecule has 1 fully saturated rings. The molecule has 0 aromatic carbocycles. The number of aliphatic hydroxyl groups excluding tert-OH is 1. The van der Waals surface area contributed by atoms with Gasteiger partial charge in [-0.05, 0) is 12.8 Å². The van der Waals surface area contributed by atoms with Crippen LogP contribution < -0.4 is 5.73 Å². The highest BCUT2D eigenvalue weighted by Crippen LogP contribution is 2.16. The summed E-state index contributed by atoms with van der Waals surface area (Å²) in [5, 5.41) is 12.6. The Morgan fingerprint density at radius 2 is 2.47 bits per heavy atom. The Labute approximate surface area is 87.4 Å². The van der Waals surface area contributed by atoms with Crippen molar-refractivity contribution in [2.24, 2.45) is 5.73 Å². The lowest BCUT2D eigenvalue weighted by Gasteiger charge is -2.04. The highest BCUT2D eigenvalue weighted by Gasteiger charge is 2.20. The molecule has 1 unspecified atom stereocenters. The molecule has 0 saturated carbocycles. The van der Waals surface area contributed by atoms with E-state index in [-0.39, 0.29) is 18.6 Å². The Morgan fingerprint density at radius 1 is 1.60 bits per heavy atom. The summed E-state index contributed by atoms with van der Waals surface area (Å²) in [4.78, 5) is 4.10. The lowest BCUT2D eigenvalue weighted by Crippen LogP contribution is -2.15. The van der Waals surface area contributed by atoms with Crippen LogP contribution in [-0.2, 0) is 11.2 Å². The van der Waals surface area contributed by atoms with Crippen molar-refractivity contribution in [1.29, 1.82) is 0 Å². The predicted octanol–water partition coefficient (Wildman–Crippen LogP) is -0.217. The van der Waals surface area contributed by atoms with Crippen molar-refractivity contribution >= 4 is 0 Å². The lowest BCUT2D eigenvalue weighted by atomic mass is 10.2. The van der Waals surface area contributed by atoms with Crippen LogP contribution in [0.2, 0.25) is 0 Å². The zero-order valence-corrected chi connectivity index (χ0v) is 8.43. The molecule has 2 rings (SSSR count). The molecule has 84 valence electrons. The van der Waals surface area contributed by atoms with Crippen LogP contribution in [0.1, 0.15) is 30.6 Å². The van der Waals surface area contributed by atoms with Gasteiger partial charge in [-0.1, -0.05) is 5.16 Å². The summed E-state index contributed by atoms with van der Waals surface area (Å²) >= 11 is 0. The molecule has 1 aromatic heterocycles. The van der Waals surface area contributed by atoms with Gasteiger partial charge in [0.2, 0.25) is 5.89 Å². The van der Waals surface area contributed by atoms with E-state index in [1.54, 1.807) is 0 Å². The molecule has 1 aliphatic rings. The van der Waals surface area contributed by atoms with Crippen LogP contribution in [0, 0.1) is 0 Å². The Morgan fingerprint density at radius 3 is 3.13 bits per heavy atom. The van der Waals surface area contributed by atoms with Gasteiger partial charge in [-0.15, -0.1) is 0 Å². The van der Waals surface area contributed by atoms with Crippen molar-refractivity contribution < 1.29 is 14.4 Å². The molecule has 15 heavy (non-hydrogen) atoms. The van der Waals surface area contributed by atoms with Crippen molar-refractivity contribution in [3.05, 3.63) is 11.7 Å². The summed E-state index contributed by atoms with van der Waals surface area (Å²) in [5.74, 6) is 0.881. The zero-order valence-electron chi connectivity index (χ0n) is 8.43. The molecule has 2 atom stereocenters. The van der Waals surface area contributed by atoms with Gasteiger partial charge in [0.1, 0.15) is 6.04 Å². The van der Waals surface area contributed by atoms with Crippen molar-refractivity contribution in [2.75, 3.05) is 13.2 Å². The summed E-state index contributed by atoms with van der Waals surface area (Å²) in [6.45, 7) is 0.618. The van der Waals surface area contributed by atoms with Gasteiger partial charge < -0.3 is 20.1 Å². The van der Waals surface area contributed by atoms with Crippen LogP contribution in [0.4, 0.5) is 0 Å². The molecule has 6 heteroatoms. The fourth-order valence-corrected chi connectivity index (χ4v) is 1.59. The third-order valence-corrected chi connectivity index (χ3v) is 2.43. The molecule has 0 spiro atoms. The van der Waals surface area contributed by atoms with Crippen molar-refractivity contribution in [1.82, 2.24) is 10.1 Å². The number of hydrogen-bond donors (Lipinski definition) is 2. The van der Waals surface area contributed by atoms with E-state index in [4.69, 9.17) is 20.1 Å². The van der Waals surface area contributed by atoms with E-state index in [0.29, 0.717) is 12.2 Å². The number of aliphatic hydroxyl groups is 1. The van der Waals surface area contributed by atoms with E-state index in [2.05, 4.69) is 10.1 Å². The number of aromatic nitrogens is 2. The normalized spacial score (nSPS) is 23.2. The third-order valence-electron chi connectivity index (χ3n) is 2.43. The number of nitrogens with zero attached hydrogens (tertiary/aromatic N) is 2. The maximum absolute atomic E-state index is 8.80. The Kier molecular flexibility index (Phi) is 3.30. The van der Waals surface area contributed by atoms with Crippen LogP contribution >= 0.6 is 0 Å². The summed E-state index contributed by atoms with van der Waals surface area (Å²) < 4.78 is 10.4. The smallest absolute Gasteiger partial charge is 0.245 e. The maximum atomic E-state index is 8.80. The highest BCUT2D eigenvalue weighted by atomic mass is 16.5. The second-order valence-corrected chi connectivity index (χ2v) is 3.68. The number of rotatable bonds is 4. The van der Waals surface area contributed by atoms with Crippen LogP contribution in [0.3, 0.4) is 0 Å². The summed E-state index contributed by atoms with van der Waals surface area (Å²) in [6, 6.07) is -0.587. The predicted molar refractivity (Wildman–Crippen MR) is 51.0 cm³/mol. The molecule has 2 heterocycles. The first-order valence-corrected chi connectivity index (χ1v) is 5.10. The van der Waals surface area contributed by atoms with E-state index in [1.807, 2.05) is 0 Å². The molecule has 1 saturated heterocycles. The van der Waals surface area contributed by atoms with Crippen molar-refractivity contribution in [3.8, 4) is 0 Å². The van der Waals surface area contributed by atoms with Crippen molar-refractivity contribution in [3.63, 3.8) is 0 Å². The summed E-state index contributed by atoms with van der Waals surface area (Å²) in [5.41, 5.74) is 5.54. The van der Waals surface area contributed by atoms with Gasteiger partial charge in [-0.2, -0.15) is 4.98 Å². The lowest BCUT2D eigenvalue weighted by molar-refractivity contribution is 0.109. The molecule has 1 aromatic rings. The van der Waals surface area contributed by atoms with Gasteiger partial charge >= 0.3 is 0 Å². The van der Waals surface area contributed by atoms with Gasteiger partial charge in [-0.25, -0.2) is 0 Å². The summed E-state index contributed by atoms with van der Waals surface area (Å²) in [6.07, 6.45) is 2.98. The molecule has 0 amide bonds. The van der Waals surface area contributed by atoms with E-state index < -0.39 is 6.04 Å². The fourth-order valence-electron chi connectivity index (χ4n) is 1.59. The minimum Gasteiger partial charge on any atom is -0.394 e. The van der Waals surface area contributed by atoms with Gasteiger partial charge in [0.25, 0.3) is 0 Å². The average Bonchev–Trinajstić information content (AvgIpc) is 2.88.